The molecule has 1 unspecified atom stereocenters. The number of hydrogen-bond acceptors (Lipinski definition) is 6. The highest BCUT2D eigenvalue weighted by molar-refractivity contribution is 5.88. The molecule has 1 aliphatic heterocycles. The van der Waals surface area contributed by atoms with Crippen LogP contribution in [0.3, 0.4) is 0 Å². The molecule has 0 radical (unpaired) electrons. The zero-order chi connectivity index (χ0) is 17.8. The molecular weight excluding hydrogens is 326 g/mol. The monoisotopic (exact) mass is 345 g/mol. The first-order valence-corrected chi connectivity index (χ1v) is 8.23. The Balaban J connectivity index is 1.99. The van der Waals surface area contributed by atoms with E-state index in [1.54, 1.807) is 29.8 Å². The first kappa shape index (κ1) is 17.1. The molecule has 1 aromatic heterocycles. The van der Waals surface area contributed by atoms with Crippen molar-refractivity contribution in [2.75, 3.05) is 13.2 Å². The Morgan fingerprint density at radius 3 is 2.76 bits per heavy atom. The Labute approximate surface area is 144 Å². The number of aromatic nitrogens is 2. The third-order valence-electron chi connectivity index (χ3n) is 4.02. The van der Waals surface area contributed by atoms with Crippen molar-refractivity contribution < 1.29 is 19.2 Å². The third kappa shape index (κ3) is 3.69. The maximum absolute atomic E-state index is 12.0. The molecular formula is C17H19N3O5. The van der Waals surface area contributed by atoms with E-state index in [-0.39, 0.29) is 24.2 Å². The maximum atomic E-state index is 12.0. The molecule has 0 spiro atoms. The molecule has 0 bridgehead atoms. The Bertz CT molecular complexity index is 763. The normalized spacial score (nSPS) is 17.2. The molecule has 3 rings (SSSR count). The summed E-state index contributed by atoms with van der Waals surface area (Å²) in [5.41, 5.74) is 1.60. The van der Waals surface area contributed by atoms with E-state index in [2.05, 4.69) is 5.10 Å². The topological polar surface area (TPSA) is 96.5 Å². The van der Waals surface area contributed by atoms with Crippen LogP contribution in [-0.2, 0) is 9.47 Å². The lowest BCUT2D eigenvalue weighted by atomic mass is 10.1. The van der Waals surface area contributed by atoms with Crippen LogP contribution in [0.5, 0.6) is 0 Å². The molecule has 2 aromatic rings. The molecule has 0 amide bonds. The van der Waals surface area contributed by atoms with E-state index in [1.807, 2.05) is 0 Å². The van der Waals surface area contributed by atoms with Gasteiger partial charge in [-0.2, -0.15) is 5.10 Å². The number of benzene rings is 1. The van der Waals surface area contributed by atoms with Gasteiger partial charge in [0, 0.05) is 24.3 Å². The van der Waals surface area contributed by atoms with Gasteiger partial charge in [0.1, 0.15) is 0 Å². The number of non-ortho nitro benzene ring substituents is 1. The van der Waals surface area contributed by atoms with Gasteiger partial charge in [-0.05, 0) is 44.4 Å². The van der Waals surface area contributed by atoms with Crippen LogP contribution in [0.1, 0.15) is 42.9 Å². The van der Waals surface area contributed by atoms with Gasteiger partial charge in [0.05, 0.1) is 17.2 Å². The molecule has 1 aromatic carbocycles. The van der Waals surface area contributed by atoms with Gasteiger partial charge in [0.2, 0.25) is 0 Å². The summed E-state index contributed by atoms with van der Waals surface area (Å²) in [4.78, 5) is 22.4. The summed E-state index contributed by atoms with van der Waals surface area (Å²) in [6.07, 6.45) is 2.54. The lowest BCUT2D eigenvalue weighted by Gasteiger charge is -2.24. The van der Waals surface area contributed by atoms with Crippen molar-refractivity contribution in [2.45, 2.75) is 32.4 Å². The van der Waals surface area contributed by atoms with Crippen LogP contribution >= 0.6 is 0 Å². The minimum Gasteiger partial charge on any atom is -0.461 e. The number of nitro groups is 1. The van der Waals surface area contributed by atoms with Crippen LogP contribution < -0.4 is 0 Å². The van der Waals surface area contributed by atoms with Crippen LogP contribution in [0.25, 0.3) is 11.3 Å². The fraction of sp³-hybridized carbons (Fsp3) is 0.412. The summed E-state index contributed by atoms with van der Waals surface area (Å²) in [6.45, 7) is 2.63. The van der Waals surface area contributed by atoms with Crippen molar-refractivity contribution in [3.8, 4) is 11.3 Å². The average molecular weight is 345 g/mol. The summed E-state index contributed by atoms with van der Waals surface area (Å²) < 4.78 is 12.5. The number of nitrogens with zero attached hydrogens (tertiary/aromatic N) is 3. The predicted octanol–water partition coefficient (Wildman–Crippen LogP) is 3.33. The lowest BCUT2D eigenvalue weighted by Crippen LogP contribution is -2.20. The fourth-order valence-electron chi connectivity index (χ4n) is 2.80. The van der Waals surface area contributed by atoms with E-state index in [0.29, 0.717) is 12.3 Å². The minimum absolute atomic E-state index is 0.00866. The predicted molar refractivity (Wildman–Crippen MR) is 89.1 cm³/mol. The van der Waals surface area contributed by atoms with Crippen molar-refractivity contribution >= 4 is 11.7 Å². The summed E-state index contributed by atoms with van der Waals surface area (Å²) in [5.74, 6) is -0.500. The summed E-state index contributed by atoms with van der Waals surface area (Å²) in [5, 5.41) is 15.2. The molecule has 25 heavy (non-hydrogen) atoms. The van der Waals surface area contributed by atoms with Gasteiger partial charge in [-0.3, -0.25) is 10.1 Å². The summed E-state index contributed by atoms with van der Waals surface area (Å²) >= 11 is 0. The first-order valence-electron chi connectivity index (χ1n) is 8.23. The van der Waals surface area contributed by atoms with Crippen molar-refractivity contribution in [3.63, 3.8) is 0 Å². The maximum Gasteiger partial charge on any atom is 0.358 e. The largest absolute Gasteiger partial charge is 0.461 e. The van der Waals surface area contributed by atoms with Crippen molar-refractivity contribution in [3.05, 3.63) is 46.1 Å². The van der Waals surface area contributed by atoms with Gasteiger partial charge in [0.15, 0.2) is 11.9 Å². The quantitative estimate of drug-likeness (QED) is 0.468. The molecule has 1 atom stereocenters. The van der Waals surface area contributed by atoms with E-state index in [9.17, 15) is 14.9 Å². The second kappa shape index (κ2) is 7.43. The van der Waals surface area contributed by atoms with Gasteiger partial charge in [-0.25, -0.2) is 9.48 Å². The van der Waals surface area contributed by atoms with Crippen molar-refractivity contribution in [2.24, 2.45) is 0 Å². The SMILES string of the molecule is CCOC(=O)c1cc(-c2ccc([N+](=O)[O-])cc2)n(C2CCCCO2)n1. The molecule has 0 saturated carbocycles. The van der Waals surface area contributed by atoms with E-state index in [1.165, 1.54) is 12.1 Å². The van der Waals surface area contributed by atoms with Gasteiger partial charge in [-0.1, -0.05) is 0 Å². The standard InChI is InChI=1S/C17H19N3O5/c1-2-24-17(21)14-11-15(12-6-8-13(9-7-12)20(22)23)19(18-14)16-5-3-4-10-25-16/h6-9,11,16H,2-5,10H2,1H3. The summed E-state index contributed by atoms with van der Waals surface area (Å²) in [7, 11) is 0. The van der Waals surface area contributed by atoms with Crippen LogP contribution in [0, 0.1) is 10.1 Å². The molecule has 1 fully saturated rings. The zero-order valence-corrected chi connectivity index (χ0v) is 13.9. The van der Waals surface area contributed by atoms with E-state index >= 15 is 0 Å². The Morgan fingerprint density at radius 1 is 1.40 bits per heavy atom. The second-order valence-electron chi connectivity index (χ2n) is 5.71. The molecule has 0 aliphatic carbocycles. The number of hydrogen-bond donors (Lipinski definition) is 0. The van der Waals surface area contributed by atoms with E-state index in [4.69, 9.17) is 9.47 Å². The van der Waals surface area contributed by atoms with Gasteiger partial charge >= 0.3 is 5.97 Å². The highest BCUT2D eigenvalue weighted by Gasteiger charge is 2.24. The second-order valence-corrected chi connectivity index (χ2v) is 5.71. The number of rotatable bonds is 5. The van der Waals surface area contributed by atoms with Gasteiger partial charge in [0.25, 0.3) is 5.69 Å². The number of ether oxygens (including phenoxy) is 2. The molecule has 8 nitrogen and oxygen atoms in total. The zero-order valence-electron chi connectivity index (χ0n) is 13.9. The average Bonchev–Trinajstić information content (AvgIpc) is 3.08. The Hall–Kier alpha value is -2.74. The molecule has 132 valence electrons. The van der Waals surface area contributed by atoms with Crippen molar-refractivity contribution in [1.82, 2.24) is 9.78 Å². The van der Waals surface area contributed by atoms with Gasteiger partial charge < -0.3 is 9.47 Å². The lowest BCUT2D eigenvalue weighted by molar-refractivity contribution is -0.384. The highest BCUT2D eigenvalue weighted by Crippen LogP contribution is 2.30. The smallest absolute Gasteiger partial charge is 0.358 e. The van der Waals surface area contributed by atoms with Crippen LogP contribution in [0.4, 0.5) is 5.69 Å². The molecule has 2 heterocycles. The van der Waals surface area contributed by atoms with E-state index < -0.39 is 10.9 Å². The van der Waals surface area contributed by atoms with Crippen molar-refractivity contribution in [1.29, 1.82) is 0 Å². The number of esters is 1. The Morgan fingerprint density at radius 2 is 2.16 bits per heavy atom. The fourth-order valence-corrected chi connectivity index (χ4v) is 2.80. The van der Waals surface area contributed by atoms with Crippen LogP contribution in [0.15, 0.2) is 30.3 Å². The van der Waals surface area contributed by atoms with Crippen LogP contribution in [0.2, 0.25) is 0 Å². The molecule has 1 aliphatic rings. The first-order chi connectivity index (χ1) is 12.1. The van der Waals surface area contributed by atoms with Gasteiger partial charge in [-0.15, -0.1) is 0 Å². The minimum atomic E-state index is -0.500. The van der Waals surface area contributed by atoms with E-state index in [0.717, 1.165) is 24.8 Å². The number of carbonyl (C=O) groups is 1. The number of carbonyl (C=O) groups excluding carboxylic acids is 1. The molecule has 0 N–H and O–H groups in total. The Kier molecular flexibility index (Phi) is 5.08. The van der Waals surface area contributed by atoms with Crippen LogP contribution in [-0.4, -0.2) is 33.9 Å². The molecule has 1 saturated heterocycles. The highest BCUT2D eigenvalue weighted by atomic mass is 16.6. The molecule has 8 heteroatoms. The number of nitro benzene ring substituents is 1. The third-order valence-corrected chi connectivity index (χ3v) is 4.02. The summed E-state index contributed by atoms with van der Waals surface area (Å²) in [6, 6.07) is 7.78.